The van der Waals surface area contributed by atoms with Gasteiger partial charge in [0.25, 0.3) is 0 Å². The normalized spacial score (nSPS) is 11.0. The van der Waals surface area contributed by atoms with Gasteiger partial charge in [0.05, 0.1) is 5.75 Å². The van der Waals surface area contributed by atoms with Crippen LogP contribution >= 0.6 is 11.8 Å². The summed E-state index contributed by atoms with van der Waals surface area (Å²) in [6.07, 6.45) is 0.592. The number of H-pyrrole nitrogens is 1. The molecule has 2 aromatic heterocycles. The smallest absolute Gasteiger partial charge is 0.227 e. The topological polar surface area (TPSA) is 110 Å². The Morgan fingerprint density at radius 2 is 1.88 bits per heavy atom. The summed E-state index contributed by atoms with van der Waals surface area (Å²) < 4.78 is 18.3. The van der Waals surface area contributed by atoms with Gasteiger partial charge in [-0.1, -0.05) is 35.1 Å². The number of halogens is 1. The third-order valence-corrected chi connectivity index (χ3v) is 5.58. The predicted molar refractivity (Wildman–Crippen MR) is 119 cm³/mol. The van der Waals surface area contributed by atoms with Crippen molar-refractivity contribution < 1.29 is 13.7 Å². The quantitative estimate of drug-likeness (QED) is 0.380. The van der Waals surface area contributed by atoms with Crippen LogP contribution in [0.25, 0.3) is 11.4 Å². The lowest BCUT2D eigenvalue weighted by Crippen LogP contribution is -2.14. The fourth-order valence-electron chi connectivity index (χ4n) is 3.06. The summed E-state index contributed by atoms with van der Waals surface area (Å²) in [5.41, 5.74) is 3.62. The average Bonchev–Trinajstić information content (AvgIpc) is 3.44. The van der Waals surface area contributed by atoms with E-state index in [1.807, 2.05) is 32.0 Å². The van der Waals surface area contributed by atoms with Crippen molar-refractivity contribution in [3.63, 3.8) is 0 Å². The van der Waals surface area contributed by atoms with Crippen LogP contribution in [0, 0.1) is 19.7 Å². The third-order valence-electron chi connectivity index (χ3n) is 4.73. The number of nitrogens with zero attached hydrogens (tertiary/aromatic N) is 4. The highest BCUT2D eigenvalue weighted by Gasteiger charge is 2.13. The number of aromatic nitrogens is 5. The Balaban J connectivity index is 1.27. The Bertz CT molecular complexity index is 1200. The Labute approximate surface area is 188 Å². The summed E-state index contributed by atoms with van der Waals surface area (Å²) >= 11 is 1.34. The number of carbonyl (C=O) groups is 1. The molecule has 0 spiro atoms. The van der Waals surface area contributed by atoms with Crippen LogP contribution in [-0.4, -0.2) is 31.2 Å². The van der Waals surface area contributed by atoms with E-state index in [0.29, 0.717) is 34.9 Å². The molecule has 0 saturated heterocycles. The molecule has 0 saturated carbocycles. The summed E-state index contributed by atoms with van der Waals surface area (Å²) in [6, 6.07) is 11.9. The molecule has 0 unspecified atom stereocenters. The molecule has 8 nitrogen and oxygen atoms in total. The summed E-state index contributed by atoms with van der Waals surface area (Å²) in [7, 11) is 0. The van der Waals surface area contributed by atoms with E-state index in [1.54, 1.807) is 12.1 Å². The summed E-state index contributed by atoms with van der Waals surface area (Å²) in [6.45, 7) is 3.92. The highest BCUT2D eigenvalue weighted by molar-refractivity contribution is 7.98. The molecule has 4 rings (SSSR count). The van der Waals surface area contributed by atoms with Gasteiger partial charge in [-0.05, 0) is 49.2 Å². The fourth-order valence-corrected chi connectivity index (χ4v) is 3.70. The summed E-state index contributed by atoms with van der Waals surface area (Å²) in [5, 5.41) is 14.4. The van der Waals surface area contributed by atoms with E-state index in [4.69, 9.17) is 4.52 Å². The first kappa shape index (κ1) is 21.7. The molecule has 0 fully saturated rings. The van der Waals surface area contributed by atoms with Crippen LogP contribution in [-0.2, 0) is 17.0 Å². The van der Waals surface area contributed by atoms with Gasteiger partial charge in [0.2, 0.25) is 17.0 Å². The average molecular weight is 453 g/mol. The second-order valence-corrected chi connectivity index (χ2v) is 8.12. The maximum atomic E-state index is 13.1. The van der Waals surface area contributed by atoms with Gasteiger partial charge in [0, 0.05) is 24.1 Å². The van der Waals surface area contributed by atoms with Gasteiger partial charge in [-0.25, -0.2) is 9.37 Å². The predicted octanol–water partition coefficient (Wildman–Crippen LogP) is 4.47. The second-order valence-electron chi connectivity index (χ2n) is 7.18. The van der Waals surface area contributed by atoms with E-state index >= 15 is 0 Å². The molecule has 0 atom stereocenters. The largest absolute Gasteiger partial charge is 0.339 e. The molecular weight excluding hydrogens is 431 g/mol. The third kappa shape index (κ3) is 5.38. The second kappa shape index (κ2) is 9.73. The van der Waals surface area contributed by atoms with Crippen LogP contribution in [0.5, 0.6) is 0 Å². The van der Waals surface area contributed by atoms with Gasteiger partial charge >= 0.3 is 0 Å². The monoisotopic (exact) mass is 452 g/mol. The zero-order valence-corrected chi connectivity index (χ0v) is 18.4. The SMILES string of the molecule is Cc1cccc(C)c1NC(=O)CCc1nc(CSc2n[nH]c(-c3ccc(F)cc3)n2)no1. The molecule has 0 aliphatic rings. The van der Waals surface area contributed by atoms with Gasteiger partial charge in [-0.2, -0.15) is 4.98 Å². The maximum Gasteiger partial charge on any atom is 0.227 e. The summed E-state index contributed by atoms with van der Waals surface area (Å²) in [4.78, 5) is 21.0. The summed E-state index contributed by atoms with van der Waals surface area (Å²) in [5.74, 6) is 1.45. The highest BCUT2D eigenvalue weighted by atomic mass is 32.2. The Hall–Kier alpha value is -3.53. The molecule has 4 aromatic rings. The Morgan fingerprint density at radius 3 is 2.62 bits per heavy atom. The molecule has 0 aliphatic carbocycles. The number of anilines is 1. The number of nitrogens with one attached hydrogen (secondary N) is 2. The van der Waals surface area contributed by atoms with Gasteiger partial charge < -0.3 is 9.84 Å². The van der Waals surface area contributed by atoms with E-state index in [-0.39, 0.29) is 18.1 Å². The molecule has 0 radical (unpaired) electrons. The minimum Gasteiger partial charge on any atom is -0.339 e. The molecule has 32 heavy (non-hydrogen) atoms. The van der Waals surface area contributed by atoms with Crippen molar-refractivity contribution in [3.05, 3.63) is 71.1 Å². The number of aromatic amines is 1. The molecule has 0 bridgehead atoms. The van der Waals surface area contributed by atoms with Crippen LogP contribution in [0.15, 0.2) is 52.1 Å². The van der Waals surface area contributed by atoms with E-state index in [1.165, 1.54) is 23.9 Å². The van der Waals surface area contributed by atoms with Crippen LogP contribution < -0.4 is 5.32 Å². The lowest BCUT2D eigenvalue weighted by molar-refractivity contribution is -0.116. The van der Waals surface area contributed by atoms with E-state index in [2.05, 4.69) is 30.6 Å². The van der Waals surface area contributed by atoms with Gasteiger partial charge in [0.1, 0.15) is 5.82 Å². The van der Waals surface area contributed by atoms with Crippen molar-refractivity contribution in [2.75, 3.05) is 5.32 Å². The highest BCUT2D eigenvalue weighted by Crippen LogP contribution is 2.22. The standard InChI is InChI=1S/C22H21FN6O2S/c1-13-4-3-5-14(2)20(13)25-18(30)10-11-19-24-17(29-31-19)12-32-22-26-21(27-28-22)15-6-8-16(23)9-7-15/h3-9H,10-12H2,1-2H3,(H,25,30)(H,26,27,28). The molecule has 0 aliphatic heterocycles. The van der Waals surface area contributed by atoms with E-state index in [9.17, 15) is 9.18 Å². The molecule has 10 heteroatoms. The van der Waals surface area contributed by atoms with Crippen molar-refractivity contribution >= 4 is 23.4 Å². The van der Waals surface area contributed by atoms with Crippen molar-refractivity contribution in [1.82, 2.24) is 25.3 Å². The van der Waals surface area contributed by atoms with Gasteiger partial charge in [0.15, 0.2) is 11.6 Å². The number of amides is 1. The molecule has 1 amide bonds. The fraction of sp³-hybridized carbons (Fsp3) is 0.227. The van der Waals surface area contributed by atoms with Crippen LogP contribution in [0.2, 0.25) is 0 Å². The number of para-hydroxylation sites is 1. The van der Waals surface area contributed by atoms with Crippen molar-refractivity contribution in [3.8, 4) is 11.4 Å². The number of carbonyl (C=O) groups excluding carboxylic acids is 1. The zero-order chi connectivity index (χ0) is 22.5. The Morgan fingerprint density at radius 1 is 1.12 bits per heavy atom. The number of benzene rings is 2. The first-order valence-electron chi connectivity index (χ1n) is 9.96. The van der Waals surface area contributed by atoms with Crippen molar-refractivity contribution in [2.24, 2.45) is 0 Å². The van der Waals surface area contributed by atoms with Gasteiger partial charge in [-0.3, -0.25) is 9.89 Å². The zero-order valence-electron chi connectivity index (χ0n) is 17.6. The van der Waals surface area contributed by atoms with Crippen molar-refractivity contribution in [2.45, 2.75) is 37.6 Å². The molecule has 2 aromatic carbocycles. The minimum absolute atomic E-state index is 0.106. The lowest BCUT2D eigenvalue weighted by atomic mass is 10.1. The number of thioether (sulfide) groups is 1. The van der Waals surface area contributed by atoms with E-state index in [0.717, 1.165) is 22.4 Å². The molecule has 2 N–H and O–H groups in total. The molecular formula is C22H21FN6O2S. The number of hydrogen-bond donors (Lipinski definition) is 2. The van der Waals surface area contributed by atoms with Gasteiger partial charge in [-0.15, -0.1) is 5.10 Å². The number of rotatable bonds is 8. The molecule has 2 heterocycles. The minimum atomic E-state index is -0.307. The molecule has 164 valence electrons. The van der Waals surface area contributed by atoms with Crippen molar-refractivity contribution in [1.29, 1.82) is 0 Å². The van der Waals surface area contributed by atoms with Crippen LogP contribution in [0.3, 0.4) is 0 Å². The van der Waals surface area contributed by atoms with E-state index < -0.39 is 0 Å². The van der Waals surface area contributed by atoms with Crippen LogP contribution in [0.4, 0.5) is 10.1 Å². The first-order chi connectivity index (χ1) is 15.5. The van der Waals surface area contributed by atoms with Crippen LogP contribution in [0.1, 0.15) is 29.3 Å². The number of hydrogen-bond acceptors (Lipinski definition) is 7. The maximum absolute atomic E-state index is 13.1. The lowest BCUT2D eigenvalue weighted by Gasteiger charge is -2.10. The first-order valence-corrected chi connectivity index (χ1v) is 10.9. The number of aryl methyl sites for hydroxylation is 3. The Kier molecular flexibility index (Phi) is 6.60.